The van der Waals surface area contributed by atoms with Crippen LogP contribution in [0.5, 0.6) is 0 Å². The van der Waals surface area contributed by atoms with Gasteiger partial charge < -0.3 is 9.73 Å². The minimum absolute atomic E-state index is 0.0525. The lowest BCUT2D eigenvalue weighted by Crippen LogP contribution is -2.15. The third kappa shape index (κ3) is 5.37. The maximum atomic E-state index is 6.17. The summed E-state index contributed by atoms with van der Waals surface area (Å²) < 4.78 is 6.17. The van der Waals surface area contributed by atoms with E-state index in [0.29, 0.717) is 0 Å². The van der Waals surface area contributed by atoms with Crippen molar-refractivity contribution in [1.29, 1.82) is 0 Å². The van der Waals surface area contributed by atoms with E-state index in [9.17, 15) is 0 Å². The summed E-state index contributed by atoms with van der Waals surface area (Å²) in [6.07, 6.45) is 11.6. The lowest BCUT2D eigenvalue weighted by molar-refractivity contribution is 0.578. The van der Waals surface area contributed by atoms with Gasteiger partial charge in [0.15, 0.2) is 5.58 Å². The van der Waals surface area contributed by atoms with Gasteiger partial charge in [0, 0.05) is 22.1 Å². The zero-order valence-electron chi connectivity index (χ0n) is 23.2. The number of furan rings is 1. The normalized spacial score (nSPS) is 14.0. The highest BCUT2D eigenvalue weighted by Gasteiger charge is 2.35. The molecule has 0 radical (unpaired) electrons. The second-order valence-electron chi connectivity index (χ2n) is 8.61. The minimum atomic E-state index is -0.0525. The molecule has 4 rings (SSSR count). The van der Waals surface area contributed by atoms with Crippen molar-refractivity contribution in [3.63, 3.8) is 0 Å². The molecule has 1 N–H and O–H groups in total. The Kier molecular flexibility index (Phi) is 9.95. The molecule has 0 aliphatic heterocycles. The molecule has 0 saturated carbocycles. The smallest absolute Gasteiger partial charge is 0.158 e. The summed E-state index contributed by atoms with van der Waals surface area (Å²) in [6, 6.07) is 12.9. The van der Waals surface area contributed by atoms with Crippen molar-refractivity contribution in [3.05, 3.63) is 95.3 Å². The Morgan fingerprint density at radius 2 is 1.74 bits per heavy atom. The van der Waals surface area contributed by atoms with Crippen LogP contribution in [0.4, 0.5) is 11.4 Å². The number of anilines is 2. The van der Waals surface area contributed by atoms with E-state index in [-0.39, 0.29) is 5.41 Å². The number of benzene rings is 2. The molecule has 3 aromatic rings. The van der Waals surface area contributed by atoms with E-state index in [4.69, 9.17) is 4.42 Å². The number of aryl methyl sites for hydroxylation is 1. The summed E-state index contributed by atoms with van der Waals surface area (Å²) in [4.78, 5) is 0. The Bertz CT molecular complexity index is 1250. The van der Waals surface area contributed by atoms with Crippen molar-refractivity contribution < 1.29 is 4.42 Å². The molecule has 0 fully saturated rings. The topological polar surface area (TPSA) is 25.2 Å². The fourth-order valence-electron chi connectivity index (χ4n) is 4.68. The van der Waals surface area contributed by atoms with Crippen molar-refractivity contribution in [2.75, 3.05) is 5.32 Å². The van der Waals surface area contributed by atoms with Gasteiger partial charge >= 0.3 is 0 Å². The third-order valence-corrected chi connectivity index (χ3v) is 6.22. The molecule has 0 saturated heterocycles. The van der Waals surface area contributed by atoms with Crippen LogP contribution in [0.15, 0.2) is 77.3 Å². The molecule has 1 aromatic heterocycles. The molecule has 1 aliphatic carbocycles. The minimum Gasteiger partial charge on any atom is -0.459 e. The number of para-hydroxylation sites is 1. The second kappa shape index (κ2) is 12.4. The lowest BCUT2D eigenvalue weighted by atomic mass is 9.81. The van der Waals surface area contributed by atoms with E-state index in [1.807, 2.05) is 40.7 Å². The molecule has 0 spiro atoms. The first kappa shape index (κ1) is 28.0. The molecule has 2 aromatic carbocycles. The summed E-state index contributed by atoms with van der Waals surface area (Å²) >= 11 is 0. The van der Waals surface area contributed by atoms with Gasteiger partial charge in [0.2, 0.25) is 0 Å². The van der Waals surface area contributed by atoms with Crippen LogP contribution in [-0.4, -0.2) is 0 Å². The maximum absolute atomic E-state index is 6.17. The van der Waals surface area contributed by atoms with Gasteiger partial charge in [-0.1, -0.05) is 104 Å². The number of rotatable bonds is 6. The van der Waals surface area contributed by atoms with Gasteiger partial charge in [-0.2, -0.15) is 0 Å². The van der Waals surface area contributed by atoms with Crippen LogP contribution >= 0.6 is 0 Å². The van der Waals surface area contributed by atoms with Gasteiger partial charge in [-0.3, -0.25) is 0 Å². The molecule has 0 amide bonds. The molecule has 0 unspecified atom stereocenters. The zero-order valence-corrected chi connectivity index (χ0v) is 23.2. The Morgan fingerprint density at radius 3 is 2.37 bits per heavy atom. The molecule has 35 heavy (non-hydrogen) atoms. The highest BCUT2D eigenvalue weighted by molar-refractivity contribution is 5.97. The third-order valence-electron chi connectivity index (χ3n) is 6.22. The predicted molar refractivity (Wildman–Crippen MR) is 158 cm³/mol. The van der Waals surface area contributed by atoms with Crippen LogP contribution in [0.1, 0.15) is 84.3 Å². The molecular formula is C33H43NO. The standard InChI is InChI=1S/C29H31NO.2C2H6/c1-7-10-13-21-19(4)31-28-23(21)14-11-15-27(28)30-20-16-17-26-24(18-20)22(12-8-2)25(9-3)29(26,5)6;2*1-2/h8-18,30H,3,7H2,1-2,4-6H3;2*1-2H3/b12-8-,13-10-;;. The first-order valence-electron chi connectivity index (χ1n) is 13.0. The van der Waals surface area contributed by atoms with Crippen LogP contribution in [0.3, 0.4) is 0 Å². The Morgan fingerprint density at radius 1 is 1.03 bits per heavy atom. The number of fused-ring (bicyclic) bond motifs is 2. The monoisotopic (exact) mass is 469 g/mol. The molecule has 1 heterocycles. The van der Waals surface area contributed by atoms with Crippen LogP contribution in [-0.2, 0) is 5.41 Å². The highest BCUT2D eigenvalue weighted by Crippen LogP contribution is 2.48. The van der Waals surface area contributed by atoms with Crippen molar-refractivity contribution in [2.45, 2.75) is 74.1 Å². The Labute approximate surface area is 213 Å². The van der Waals surface area contributed by atoms with Gasteiger partial charge in [0.05, 0.1) is 5.69 Å². The molecule has 186 valence electrons. The molecule has 0 bridgehead atoms. The van der Waals surface area contributed by atoms with Gasteiger partial charge in [-0.15, -0.1) is 0 Å². The van der Waals surface area contributed by atoms with Crippen molar-refractivity contribution in [2.24, 2.45) is 0 Å². The van der Waals surface area contributed by atoms with E-state index in [1.54, 1.807) is 0 Å². The number of hydrogen-bond acceptors (Lipinski definition) is 2. The van der Waals surface area contributed by atoms with E-state index in [0.717, 1.165) is 40.1 Å². The van der Waals surface area contributed by atoms with Crippen molar-refractivity contribution in [1.82, 2.24) is 0 Å². The van der Waals surface area contributed by atoms with Crippen LogP contribution in [0.25, 0.3) is 22.6 Å². The zero-order chi connectivity index (χ0) is 26.2. The average molecular weight is 470 g/mol. The molecule has 2 nitrogen and oxygen atoms in total. The summed E-state index contributed by atoms with van der Waals surface area (Å²) in [5, 5.41) is 4.74. The van der Waals surface area contributed by atoms with E-state index in [1.165, 1.54) is 22.3 Å². The quantitative estimate of drug-likeness (QED) is 0.388. The van der Waals surface area contributed by atoms with E-state index < -0.39 is 0 Å². The number of allylic oxidation sites excluding steroid dienone is 6. The van der Waals surface area contributed by atoms with E-state index in [2.05, 4.69) is 100 Å². The van der Waals surface area contributed by atoms with Crippen LogP contribution in [0, 0.1) is 6.92 Å². The highest BCUT2D eigenvalue weighted by atomic mass is 16.3. The van der Waals surface area contributed by atoms with Gasteiger partial charge in [0.1, 0.15) is 5.76 Å². The van der Waals surface area contributed by atoms with Gasteiger partial charge in [-0.05, 0) is 60.7 Å². The SMILES string of the molecule is C=CC1=C(/C=C\C)c2cc(Nc3cccc4c(/C=C\CC)c(C)oc34)ccc2C1(C)C.CC.CC. The van der Waals surface area contributed by atoms with Crippen LogP contribution in [0.2, 0.25) is 0 Å². The average Bonchev–Trinajstić information content (AvgIpc) is 3.30. The second-order valence-corrected chi connectivity index (χ2v) is 8.61. The Hall–Kier alpha value is -3.26. The molecule has 0 atom stereocenters. The fourth-order valence-corrected chi connectivity index (χ4v) is 4.68. The number of nitrogens with one attached hydrogen (secondary N) is 1. The predicted octanol–water partition coefficient (Wildman–Crippen LogP) is 10.8. The summed E-state index contributed by atoms with van der Waals surface area (Å²) in [5.41, 5.74) is 9.15. The molecule has 2 heteroatoms. The van der Waals surface area contributed by atoms with Gasteiger partial charge in [-0.25, -0.2) is 0 Å². The van der Waals surface area contributed by atoms with E-state index >= 15 is 0 Å². The summed E-state index contributed by atoms with van der Waals surface area (Å²) in [7, 11) is 0. The van der Waals surface area contributed by atoms with Crippen molar-refractivity contribution >= 4 is 34.0 Å². The van der Waals surface area contributed by atoms with Crippen molar-refractivity contribution in [3.8, 4) is 0 Å². The maximum Gasteiger partial charge on any atom is 0.158 e. The number of hydrogen-bond donors (Lipinski definition) is 1. The lowest BCUT2D eigenvalue weighted by Gasteiger charge is -2.22. The molecular weight excluding hydrogens is 426 g/mol. The first-order valence-corrected chi connectivity index (χ1v) is 13.0. The van der Waals surface area contributed by atoms with Crippen LogP contribution < -0.4 is 5.32 Å². The Balaban J connectivity index is 0.00000103. The summed E-state index contributed by atoms with van der Waals surface area (Å²) in [5.74, 6) is 0.943. The fraction of sp³-hybridized carbons (Fsp3) is 0.333. The van der Waals surface area contributed by atoms with Gasteiger partial charge in [0.25, 0.3) is 0 Å². The largest absolute Gasteiger partial charge is 0.459 e. The molecule has 1 aliphatic rings. The summed E-state index contributed by atoms with van der Waals surface area (Å²) in [6.45, 7) is 22.9. The first-order chi connectivity index (χ1) is 16.9.